The van der Waals surface area contributed by atoms with E-state index < -0.39 is 11.4 Å². The summed E-state index contributed by atoms with van der Waals surface area (Å²) in [4.78, 5) is 16.8. The zero-order chi connectivity index (χ0) is 15.3. The molecule has 0 spiro atoms. The van der Waals surface area contributed by atoms with Crippen molar-refractivity contribution in [3.05, 3.63) is 0 Å². The Morgan fingerprint density at radius 2 is 1.71 bits per heavy atom. The lowest BCUT2D eigenvalue weighted by atomic mass is 9.74. The number of hydrogen-bond donors (Lipinski definition) is 1. The lowest BCUT2D eigenvalue weighted by Crippen LogP contribution is -2.51. The molecule has 0 aliphatic carbocycles. The Hall–Kier alpha value is -0.610. The Balaban J connectivity index is 1.82. The molecule has 2 fully saturated rings. The largest absolute Gasteiger partial charge is 0.481 e. The quantitative estimate of drug-likeness (QED) is 0.818. The van der Waals surface area contributed by atoms with Crippen LogP contribution in [-0.4, -0.2) is 59.6 Å². The summed E-state index contributed by atoms with van der Waals surface area (Å²) >= 11 is 0. The monoisotopic (exact) mass is 296 g/mol. The normalized spacial score (nSPS) is 25.0. The van der Waals surface area contributed by atoms with Crippen molar-refractivity contribution in [1.29, 1.82) is 0 Å². The number of carbonyl (C=O) groups is 1. The van der Waals surface area contributed by atoms with Gasteiger partial charge in [-0.3, -0.25) is 4.79 Å². The number of aliphatic carboxylic acids is 1. The molecule has 2 aliphatic heterocycles. The molecule has 2 saturated heterocycles. The van der Waals surface area contributed by atoms with Gasteiger partial charge in [0.05, 0.1) is 5.41 Å². The van der Waals surface area contributed by atoms with E-state index in [1.165, 1.54) is 38.9 Å². The Bertz CT molecular complexity index is 330. The number of carboxylic acid groups (broad SMARTS) is 1. The van der Waals surface area contributed by atoms with Gasteiger partial charge in [-0.25, -0.2) is 0 Å². The van der Waals surface area contributed by atoms with Crippen molar-refractivity contribution >= 4 is 5.97 Å². The number of likely N-dealkylation sites (tertiary alicyclic amines) is 2. The highest BCUT2D eigenvalue weighted by Gasteiger charge is 2.41. The third kappa shape index (κ3) is 3.98. The third-order valence-electron chi connectivity index (χ3n) is 5.55. The van der Waals surface area contributed by atoms with E-state index >= 15 is 0 Å². The molecule has 4 nitrogen and oxygen atoms in total. The molecule has 0 unspecified atom stereocenters. The number of hydrogen-bond acceptors (Lipinski definition) is 3. The molecule has 0 amide bonds. The first-order valence-corrected chi connectivity index (χ1v) is 8.81. The molecular formula is C17H32N2O2. The zero-order valence-corrected chi connectivity index (χ0v) is 13.8. The standard InChI is InChI=1S/C17H32N2O2/c1-3-7-17(16(20)21)8-13-19(14-9-17)15-5-11-18(10-4-2)12-6-15/h15H,3-14H2,1-2H3,(H,20,21). The minimum Gasteiger partial charge on any atom is -0.481 e. The van der Waals surface area contributed by atoms with Gasteiger partial charge in [0, 0.05) is 6.04 Å². The fourth-order valence-electron chi connectivity index (χ4n) is 4.19. The number of rotatable bonds is 6. The van der Waals surface area contributed by atoms with Crippen molar-refractivity contribution < 1.29 is 9.90 Å². The third-order valence-corrected chi connectivity index (χ3v) is 5.55. The van der Waals surface area contributed by atoms with Crippen LogP contribution in [0.2, 0.25) is 0 Å². The molecule has 2 heterocycles. The first-order valence-electron chi connectivity index (χ1n) is 8.81. The van der Waals surface area contributed by atoms with E-state index in [-0.39, 0.29) is 0 Å². The Labute approximate surface area is 129 Å². The van der Waals surface area contributed by atoms with E-state index in [2.05, 4.69) is 23.6 Å². The van der Waals surface area contributed by atoms with E-state index in [4.69, 9.17) is 0 Å². The van der Waals surface area contributed by atoms with Crippen LogP contribution < -0.4 is 0 Å². The van der Waals surface area contributed by atoms with E-state index in [1.54, 1.807) is 0 Å². The van der Waals surface area contributed by atoms with Gasteiger partial charge in [-0.05, 0) is 71.2 Å². The molecular weight excluding hydrogens is 264 g/mol. The van der Waals surface area contributed by atoms with Crippen molar-refractivity contribution in [2.24, 2.45) is 5.41 Å². The molecule has 2 aliphatic rings. The summed E-state index contributed by atoms with van der Waals surface area (Å²) in [5.74, 6) is -0.568. The lowest BCUT2D eigenvalue weighted by Gasteiger charge is -2.44. The van der Waals surface area contributed by atoms with Crippen LogP contribution in [0.4, 0.5) is 0 Å². The van der Waals surface area contributed by atoms with Gasteiger partial charge in [0.1, 0.15) is 0 Å². The van der Waals surface area contributed by atoms with E-state index in [1.807, 2.05) is 0 Å². The average molecular weight is 296 g/mol. The van der Waals surface area contributed by atoms with Gasteiger partial charge < -0.3 is 14.9 Å². The summed E-state index contributed by atoms with van der Waals surface area (Å²) in [6.07, 6.45) is 7.25. The number of nitrogens with zero attached hydrogens (tertiary/aromatic N) is 2. The molecule has 0 radical (unpaired) electrons. The van der Waals surface area contributed by atoms with Gasteiger partial charge >= 0.3 is 5.97 Å². The van der Waals surface area contributed by atoms with Gasteiger partial charge in [0.25, 0.3) is 0 Å². The molecule has 0 bridgehead atoms. The highest BCUT2D eigenvalue weighted by atomic mass is 16.4. The van der Waals surface area contributed by atoms with Crippen LogP contribution in [0.25, 0.3) is 0 Å². The molecule has 0 aromatic carbocycles. The molecule has 4 heteroatoms. The SMILES string of the molecule is CCCN1CCC(N2CCC(CCC)(C(=O)O)CC2)CC1. The first-order chi connectivity index (χ1) is 10.1. The lowest BCUT2D eigenvalue weighted by molar-refractivity contribution is -0.153. The minimum atomic E-state index is -0.568. The second-order valence-corrected chi connectivity index (χ2v) is 6.94. The van der Waals surface area contributed by atoms with Gasteiger partial charge in [-0.15, -0.1) is 0 Å². The summed E-state index contributed by atoms with van der Waals surface area (Å²) < 4.78 is 0. The van der Waals surface area contributed by atoms with Gasteiger partial charge in [-0.1, -0.05) is 20.3 Å². The predicted octanol–water partition coefficient (Wildman–Crippen LogP) is 2.83. The average Bonchev–Trinajstić information content (AvgIpc) is 2.49. The highest BCUT2D eigenvalue weighted by Crippen LogP contribution is 2.37. The summed E-state index contributed by atoms with van der Waals surface area (Å²) in [7, 11) is 0. The van der Waals surface area contributed by atoms with E-state index in [0.29, 0.717) is 6.04 Å². The molecule has 21 heavy (non-hydrogen) atoms. The fourth-order valence-corrected chi connectivity index (χ4v) is 4.19. The van der Waals surface area contributed by atoms with Crippen LogP contribution in [0.15, 0.2) is 0 Å². The van der Waals surface area contributed by atoms with Crippen molar-refractivity contribution in [2.45, 2.75) is 64.8 Å². The van der Waals surface area contributed by atoms with Crippen LogP contribution in [0.3, 0.4) is 0 Å². The maximum absolute atomic E-state index is 11.6. The smallest absolute Gasteiger partial charge is 0.309 e. The molecule has 0 aromatic heterocycles. The Kier molecular flexibility index (Phi) is 6.06. The maximum atomic E-state index is 11.6. The van der Waals surface area contributed by atoms with E-state index in [0.717, 1.165) is 38.8 Å². The van der Waals surface area contributed by atoms with Gasteiger partial charge in [0.2, 0.25) is 0 Å². The fraction of sp³-hybridized carbons (Fsp3) is 0.941. The molecule has 0 aromatic rings. The topological polar surface area (TPSA) is 43.8 Å². The maximum Gasteiger partial charge on any atom is 0.309 e. The van der Waals surface area contributed by atoms with Crippen molar-refractivity contribution in [3.8, 4) is 0 Å². The highest BCUT2D eigenvalue weighted by molar-refractivity contribution is 5.74. The van der Waals surface area contributed by atoms with Crippen molar-refractivity contribution in [1.82, 2.24) is 9.80 Å². The molecule has 1 N–H and O–H groups in total. The van der Waals surface area contributed by atoms with Crippen LogP contribution >= 0.6 is 0 Å². The Morgan fingerprint density at radius 1 is 1.10 bits per heavy atom. The van der Waals surface area contributed by atoms with Crippen LogP contribution in [0.1, 0.15) is 58.8 Å². The van der Waals surface area contributed by atoms with Crippen molar-refractivity contribution in [3.63, 3.8) is 0 Å². The molecule has 122 valence electrons. The van der Waals surface area contributed by atoms with Crippen LogP contribution in [0.5, 0.6) is 0 Å². The second-order valence-electron chi connectivity index (χ2n) is 6.94. The summed E-state index contributed by atoms with van der Waals surface area (Å²) in [6.45, 7) is 9.96. The predicted molar refractivity (Wildman–Crippen MR) is 85.5 cm³/mol. The Morgan fingerprint density at radius 3 is 2.19 bits per heavy atom. The van der Waals surface area contributed by atoms with Crippen LogP contribution in [0, 0.1) is 5.41 Å². The summed E-state index contributed by atoms with van der Waals surface area (Å²) in [5.41, 5.74) is -0.436. The van der Waals surface area contributed by atoms with Gasteiger partial charge in [0.15, 0.2) is 0 Å². The first kappa shape index (κ1) is 16.8. The summed E-state index contributed by atoms with van der Waals surface area (Å²) in [5, 5.41) is 9.59. The number of piperidine rings is 2. The minimum absolute atomic E-state index is 0.436. The van der Waals surface area contributed by atoms with Gasteiger partial charge in [-0.2, -0.15) is 0 Å². The van der Waals surface area contributed by atoms with Crippen molar-refractivity contribution in [2.75, 3.05) is 32.7 Å². The molecule has 0 atom stereocenters. The number of carboxylic acids is 1. The van der Waals surface area contributed by atoms with E-state index in [9.17, 15) is 9.90 Å². The second kappa shape index (κ2) is 7.59. The molecule has 0 saturated carbocycles. The molecule has 2 rings (SSSR count). The zero-order valence-electron chi connectivity index (χ0n) is 13.8. The summed E-state index contributed by atoms with van der Waals surface area (Å²) in [6, 6.07) is 0.687. The van der Waals surface area contributed by atoms with Crippen LogP contribution in [-0.2, 0) is 4.79 Å².